The molecule has 3 aliphatic heterocycles. The predicted octanol–water partition coefficient (Wildman–Crippen LogP) is 1.68. The maximum Gasteiger partial charge on any atom is 0.250 e. The highest BCUT2D eigenvalue weighted by Gasteiger charge is 2.71. The maximum atomic E-state index is 13.6. The molecule has 0 unspecified atom stereocenters. The third-order valence-electron chi connectivity index (χ3n) is 6.71. The van der Waals surface area contributed by atoms with Gasteiger partial charge < -0.3 is 10.4 Å². The average molecular weight is 440 g/mol. The summed E-state index contributed by atoms with van der Waals surface area (Å²) in [4.78, 5) is 41.4. The summed E-state index contributed by atoms with van der Waals surface area (Å²) in [6, 6.07) is 14.0. The number of rotatable bonds is 4. The number of aliphatic hydroxyl groups excluding tert-OH is 1. The van der Waals surface area contributed by atoms with Crippen molar-refractivity contribution in [2.45, 2.75) is 31.0 Å². The molecule has 2 aromatic rings. The highest BCUT2D eigenvalue weighted by molar-refractivity contribution is 6.35. The van der Waals surface area contributed by atoms with Crippen LogP contribution in [0.2, 0.25) is 5.02 Å². The molecule has 31 heavy (non-hydrogen) atoms. The second-order valence-corrected chi connectivity index (χ2v) is 8.81. The van der Waals surface area contributed by atoms with Crippen molar-refractivity contribution < 1.29 is 19.5 Å². The smallest absolute Gasteiger partial charge is 0.250 e. The highest BCUT2D eigenvalue weighted by atomic mass is 35.5. The largest absolute Gasteiger partial charge is 0.392 e. The van der Waals surface area contributed by atoms with Gasteiger partial charge in [-0.3, -0.25) is 24.6 Å². The topological polar surface area (TPSA) is 98.7 Å². The summed E-state index contributed by atoms with van der Waals surface area (Å²) in [5, 5.41) is 16.7. The number of amides is 3. The number of hydrogen-bond acceptors (Lipinski definition) is 5. The first-order valence-corrected chi connectivity index (χ1v) is 10.7. The van der Waals surface area contributed by atoms with Crippen LogP contribution < -0.4 is 10.6 Å². The van der Waals surface area contributed by atoms with Crippen molar-refractivity contribution >= 4 is 35.0 Å². The fourth-order valence-electron chi connectivity index (χ4n) is 5.30. The van der Waals surface area contributed by atoms with Gasteiger partial charge in [-0.1, -0.05) is 54.1 Å². The molecule has 0 bridgehead atoms. The first-order valence-electron chi connectivity index (χ1n) is 10.3. The summed E-state index contributed by atoms with van der Waals surface area (Å²) in [5.74, 6) is -2.97. The molecule has 1 spiro atoms. The fraction of sp³-hybridized carbons (Fsp3) is 0.348. The Balaban J connectivity index is 1.56. The zero-order valence-corrected chi connectivity index (χ0v) is 17.6. The number of fused-ring (bicyclic) bond motifs is 4. The third kappa shape index (κ3) is 2.77. The van der Waals surface area contributed by atoms with E-state index in [9.17, 15) is 19.5 Å². The molecule has 5 rings (SSSR count). The van der Waals surface area contributed by atoms with Gasteiger partial charge in [-0.25, -0.2) is 0 Å². The molecule has 0 aliphatic carbocycles. The van der Waals surface area contributed by atoms with Gasteiger partial charge in [0.2, 0.25) is 17.7 Å². The number of benzene rings is 2. The minimum absolute atomic E-state index is 0.224. The second-order valence-electron chi connectivity index (χ2n) is 8.40. The lowest BCUT2D eigenvalue weighted by Crippen LogP contribution is -2.54. The van der Waals surface area contributed by atoms with Gasteiger partial charge in [-0.05, 0) is 25.0 Å². The van der Waals surface area contributed by atoms with E-state index >= 15 is 0 Å². The summed E-state index contributed by atoms with van der Waals surface area (Å²) >= 11 is 6.30. The van der Waals surface area contributed by atoms with Crippen molar-refractivity contribution in [2.75, 3.05) is 11.9 Å². The summed E-state index contributed by atoms with van der Waals surface area (Å²) in [6.45, 7) is 1.78. The Morgan fingerprint density at radius 1 is 1.10 bits per heavy atom. The van der Waals surface area contributed by atoms with Crippen LogP contribution in [0.5, 0.6) is 0 Å². The molecule has 3 heterocycles. The summed E-state index contributed by atoms with van der Waals surface area (Å²) < 4.78 is 0. The van der Waals surface area contributed by atoms with Gasteiger partial charge in [0.05, 0.1) is 28.6 Å². The molecule has 0 radical (unpaired) electrons. The summed E-state index contributed by atoms with van der Waals surface area (Å²) in [7, 11) is 0. The predicted molar refractivity (Wildman–Crippen MR) is 114 cm³/mol. The number of nitrogens with zero attached hydrogens (tertiary/aromatic N) is 1. The van der Waals surface area contributed by atoms with E-state index in [1.54, 1.807) is 25.1 Å². The van der Waals surface area contributed by atoms with E-state index in [0.29, 0.717) is 22.7 Å². The van der Waals surface area contributed by atoms with Crippen LogP contribution in [-0.4, -0.2) is 46.4 Å². The number of nitrogens with one attached hydrogen (secondary N) is 2. The van der Waals surface area contributed by atoms with Crippen molar-refractivity contribution in [1.82, 2.24) is 10.2 Å². The second kappa shape index (κ2) is 7.15. The van der Waals surface area contributed by atoms with Crippen molar-refractivity contribution in [3.05, 3.63) is 64.7 Å². The molecule has 2 saturated heterocycles. The summed E-state index contributed by atoms with van der Waals surface area (Å²) in [6.07, 6.45) is -0.416. The van der Waals surface area contributed by atoms with Gasteiger partial charge in [0.15, 0.2) is 0 Å². The molecule has 2 fully saturated rings. The van der Waals surface area contributed by atoms with Crippen LogP contribution in [0.3, 0.4) is 0 Å². The van der Waals surface area contributed by atoms with Gasteiger partial charge in [-0.15, -0.1) is 0 Å². The number of anilines is 1. The lowest BCUT2D eigenvalue weighted by Gasteiger charge is -2.30. The van der Waals surface area contributed by atoms with Gasteiger partial charge in [-0.2, -0.15) is 0 Å². The van der Waals surface area contributed by atoms with E-state index in [1.807, 2.05) is 30.3 Å². The number of para-hydroxylation sites is 1. The van der Waals surface area contributed by atoms with Crippen LogP contribution in [0.15, 0.2) is 48.5 Å². The number of aliphatic hydroxyl groups is 1. The molecule has 0 saturated carbocycles. The van der Waals surface area contributed by atoms with E-state index in [-0.39, 0.29) is 12.5 Å². The monoisotopic (exact) mass is 439 g/mol. The molecule has 3 amide bonds. The molecule has 2 aromatic carbocycles. The summed E-state index contributed by atoms with van der Waals surface area (Å²) in [5.41, 5.74) is 0.542. The van der Waals surface area contributed by atoms with Crippen LogP contribution in [-0.2, 0) is 26.3 Å². The number of imide groups is 1. The van der Waals surface area contributed by atoms with Crippen LogP contribution in [0.1, 0.15) is 18.1 Å². The molecule has 3 aliphatic rings. The Labute approximate surface area is 184 Å². The molecular formula is C23H22ClN3O4. The molecule has 3 N–H and O–H groups in total. The quantitative estimate of drug-likeness (QED) is 0.630. The first-order chi connectivity index (χ1) is 14.9. The van der Waals surface area contributed by atoms with Gasteiger partial charge in [0.1, 0.15) is 5.54 Å². The van der Waals surface area contributed by atoms with Crippen molar-refractivity contribution in [3.8, 4) is 0 Å². The van der Waals surface area contributed by atoms with Crippen molar-refractivity contribution in [2.24, 2.45) is 11.8 Å². The Bertz CT molecular complexity index is 1090. The Hall–Kier alpha value is -2.74. The Morgan fingerprint density at radius 2 is 1.84 bits per heavy atom. The van der Waals surface area contributed by atoms with Gasteiger partial charge in [0, 0.05) is 18.2 Å². The van der Waals surface area contributed by atoms with E-state index in [2.05, 4.69) is 10.6 Å². The zero-order chi connectivity index (χ0) is 21.9. The fourth-order valence-corrected chi connectivity index (χ4v) is 5.53. The van der Waals surface area contributed by atoms with Crippen molar-refractivity contribution in [1.29, 1.82) is 0 Å². The number of halogens is 1. The molecule has 160 valence electrons. The Kier molecular flexibility index (Phi) is 4.66. The SMILES string of the molecule is C[C@H](O)[C@@H]1N[C@]2(C(=O)Nc3c(Cl)cccc32)[C@@H]2C(=O)N(CCc3ccccc3)C(=O)[C@@H]12. The van der Waals surface area contributed by atoms with E-state index < -0.39 is 41.3 Å². The number of likely N-dealkylation sites (tertiary alicyclic amines) is 1. The van der Waals surface area contributed by atoms with E-state index in [0.717, 1.165) is 5.56 Å². The first kappa shape index (κ1) is 20.2. The molecule has 8 heteroatoms. The Morgan fingerprint density at radius 3 is 2.55 bits per heavy atom. The van der Waals surface area contributed by atoms with Crippen LogP contribution in [0.4, 0.5) is 5.69 Å². The maximum absolute atomic E-state index is 13.6. The minimum atomic E-state index is -1.44. The molecule has 5 atom stereocenters. The molecule has 0 aromatic heterocycles. The lowest BCUT2D eigenvalue weighted by atomic mass is 9.76. The van der Waals surface area contributed by atoms with Crippen LogP contribution in [0.25, 0.3) is 0 Å². The van der Waals surface area contributed by atoms with E-state index in [1.165, 1.54) is 4.90 Å². The van der Waals surface area contributed by atoms with Gasteiger partial charge >= 0.3 is 0 Å². The van der Waals surface area contributed by atoms with Gasteiger partial charge in [0.25, 0.3) is 0 Å². The van der Waals surface area contributed by atoms with E-state index in [4.69, 9.17) is 11.6 Å². The lowest BCUT2D eigenvalue weighted by molar-refractivity contribution is -0.143. The normalized spacial score (nSPS) is 30.0. The van der Waals surface area contributed by atoms with Crippen molar-refractivity contribution in [3.63, 3.8) is 0 Å². The highest BCUT2D eigenvalue weighted by Crippen LogP contribution is 2.54. The average Bonchev–Trinajstić information content (AvgIpc) is 3.34. The van der Waals surface area contributed by atoms with Crippen LogP contribution >= 0.6 is 11.6 Å². The third-order valence-corrected chi connectivity index (χ3v) is 7.03. The standard InChI is InChI=1S/C23H22ClN3O4/c1-12(28)18-16-17(21(30)27(20(16)29)11-10-13-6-3-2-4-7-13)23(26-18)14-8-5-9-15(24)19(14)25-22(23)31/h2-9,12,16-18,26,28H,10-11H2,1H3,(H,25,31)/t12-,16+,17-,18-,23-/m0/s1. The van der Waals surface area contributed by atoms with Crippen LogP contribution in [0, 0.1) is 11.8 Å². The number of carbonyl (C=O) groups excluding carboxylic acids is 3. The number of carbonyl (C=O) groups is 3. The molecular weight excluding hydrogens is 418 g/mol. The zero-order valence-electron chi connectivity index (χ0n) is 16.8. The molecule has 7 nitrogen and oxygen atoms in total. The minimum Gasteiger partial charge on any atom is -0.392 e. The number of hydrogen-bond donors (Lipinski definition) is 3.